The molecule has 0 bridgehead atoms. The lowest BCUT2D eigenvalue weighted by Crippen LogP contribution is -1.92. The molecule has 3 heteroatoms. The summed E-state index contributed by atoms with van der Waals surface area (Å²) in [5.41, 5.74) is 0. The molecule has 0 aromatic rings. The van der Waals surface area contributed by atoms with E-state index in [0.29, 0.717) is 11.0 Å². The van der Waals surface area contributed by atoms with Crippen LogP contribution in [0.25, 0.3) is 0 Å². The lowest BCUT2D eigenvalue weighted by Gasteiger charge is -1.97. The first-order valence-corrected chi connectivity index (χ1v) is 4.04. The molecular weight excluding hydrogens is 164 g/mol. The number of hydrogen-bond donors (Lipinski definition) is 0. The van der Waals surface area contributed by atoms with Crippen LogP contribution in [0, 0.1) is 12.3 Å². The molecule has 0 rings (SSSR count). The Labute approximate surface area is 70.8 Å². The molecule has 0 atom stereocenters. The van der Waals surface area contributed by atoms with E-state index in [2.05, 4.69) is 5.92 Å². The van der Waals surface area contributed by atoms with E-state index in [1.54, 1.807) is 11.5 Å². The Hall–Kier alpha value is -0.460. The van der Waals surface area contributed by atoms with Crippen molar-refractivity contribution in [1.82, 2.24) is 0 Å². The number of thioether (sulfide) groups is 1. The zero-order valence-corrected chi connectivity index (χ0v) is 7.30. The Morgan fingerprint density at radius 2 is 2.60 bits per heavy atom. The van der Waals surface area contributed by atoms with Gasteiger partial charge in [-0.2, -0.15) is 0 Å². The van der Waals surface area contributed by atoms with Crippen molar-refractivity contribution in [1.29, 1.82) is 0 Å². The van der Waals surface area contributed by atoms with Crippen LogP contribution in [0.15, 0.2) is 11.5 Å². The third kappa shape index (κ3) is 5.67. The van der Waals surface area contributed by atoms with Gasteiger partial charge in [0, 0.05) is 0 Å². The minimum absolute atomic E-state index is 0.508. The second-order valence-electron chi connectivity index (χ2n) is 1.27. The van der Waals surface area contributed by atoms with Crippen LogP contribution >= 0.6 is 24.0 Å². The van der Waals surface area contributed by atoms with Crippen molar-refractivity contribution < 1.29 is 4.74 Å². The largest absolute Gasteiger partial charge is 0.479 e. The molecule has 54 valence electrons. The monoisotopic (exact) mass is 172 g/mol. The summed E-state index contributed by atoms with van der Waals surface area (Å²) in [5.74, 6) is 2.35. The summed E-state index contributed by atoms with van der Waals surface area (Å²) < 4.78 is 5.47. The zero-order chi connectivity index (χ0) is 7.82. The number of hydrogen-bond acceptors (Lipinski definition) is 3. The maximum atomic E-state index is 4.96. The first-order valence-electron chi connectivity index (χ1n) is 2.75. The third-order valence-electron chi connectivity index (χ3n) is 0.591. The number of thiocarbonyl (C=S) groups is 1. The molecular formula is C7H8OS2. The van der Waals surface area contributed by atoms with Gasteiger partial charge in [0.1, 0.15) is 0 Å². The van der Waals surface area contributed by atoms with Crippen LogP contribution in [0.1, 0.15) is 6.92 Å². The molecule has 0 aliphatic heterocycles. The lowest BCUT2D eigenvalue weighted by molar-refractivity contribution is 0.346. The fourth-order valence-electron chi connectivity index (χ4n) is 0.281. The van der Waals surface area contributed by atoms with Gasteiger partial charge >= 0.3 is 0 Å². The molecule has 0 radical (unpaired) electrons. The summed E-state index contributed by atoms with van der Waals surface area (Å²) in [6.45, 7) is 2.49. The highest BCUT2D eigenvalue weighted by Gasteiger charge is 1.90. The molecule has 1 nitrogen and oxygen atoms in total. The molecule has 0 saturated carbocycles. The maximum absolute atomic E-state index is 4.96. The molecule has 0 aliphatic rings. The first kappa shape index (κ1) is 9.54. The molecule has 0 amide bonds. The highest BCUT2D eigenvalue weighted by Crippen LogP contribution is 2.06. The van der Waals surface area contributed by atoms with Gasteiger partial charge in [0.25, 0.3) is 0 Å². The molecule has 0 aliphatic carbocycles. The van der Waals surface area contributed by atoms with Crippen molar-refractivity contribution in [3.05, 3.63) is 11.5 Å². The third-order valence-corrected chi connectivity index (χ3v) is 1.58. The molecule has 0 fully saturated rings. The molecule has 0 unspecified atom stereocenters. The standard InChI is InChI=1S/C7H8OS2/c1-3-5-6-10-7(9)8-4-2/h1,5-6H,4H2,2H3/b6-5+. The average molecular weight is 172 g/mol. The van der Waals surface area contributed by atoms with Crippen LogP contribution in [-0.4, -0.2) is 11.0 Å². The smallest absolute Gasteiger partial charge is 0.224 e. The van der Waals surface area contributed by atoms with Crippen LogP contribution in [0.4, 0.5) is 0 Å². The Balaban J connectivity index is 3.41. The van der Waals surface area contributed by atoms with Crippen LogP contribution in [0.5, 0.6) is 0 Å². The van der Waals surface area contributed by atoms with Crippen molar-refractivity contribution in [2.24, 2.45) is 0 Å². The number of ether oxygens (including phenoxy) is 1. The summed E-state index contributed by atoms with van der Waals surface area (Å²) in [4.78, 5) is 0. The van der Waals surface area contributed by atoms with Gasteiger partial charge in [0.05, 0.1) is 6.61 Å². The summed E-state index contributed by atoms with van der Waals surface area (Å²) in [5, 5.41) is 1.72. The van der Waals surface area contributed by atoms with Crippen molar-refractivity contribution in [3.63, 3.8) is 0 Å². The summed E-state index contributed by atoms with van der Waals surface area (Å²) >= 11 is 6.10. The normalized spacial score (nSPS) is 9.20. The Bertz CT molecular complexity index is 167. The van der Waals surface area contributed by atoms with Gasteiger partial charge in [-0.05, 0) is 42.4 Å². The highest BCUT2D eigenvalue weighted by atomic mass is 32.2. The molecule has 0 heterocycles. The number of rotatable bonds is 2. The van der Waals surface area contributed by atoms with E-state index in [1.165, 1.54) is 11.8 Å². The average Bonchev–Trinajstić information content (AvgIpc) is 1.89. The molecule has 0 spiro atoms. The van der Waals surface area contributed by atoms with Gasteiger partial charge in [-0.15, -0.1) is 6.42 Å². The van der Waals surface area contributed by atoms with E-state index in [0.717, 1.165) is 0 Å². The molecule has 0 aromatic heterocycles. The predicted molar refractivity (Wildman–Crippen MR) is 49.8 cm³/mol. The summed E-state index contributed by atoms with van der Waals surface area (Å²) in [7, 11) is 0. The van der Waals surface area contributed by atoms with Crippen LogP contribution in [0.2, 0.25) is 0 Å². The molecule has 10 heavy (non-hydrogen) atoms. The molecule has 0 saturated heterocycles. The first-order chi connectivity index (χ1) is 4.81. The van der Waals surface area contributed by atoms with Crippen LogP contribution in [0.3, 0.4) is 0 Å². The van der Waals surface area contributed by atoms with E-state index in [9.17, 15) is 0 Å². The SMILES string of the molecule is C#C/C=C/SC(=S)OCC. The fourth-order valence-corrected chi connectivity index (χ4v) is 1.01. The summed E-state index contributed by atoms with van der Waals surface area (Å²) in [6, 6.07) is 0. The van der Waals surface area contributed by atoms with Gasteiger partial charge in [-0.3, -0.25) is 0 Å². The quantitative estimate of drug-likeness (QED) is 0.467. The summed E-state index contributed by atoms with van der Waals surface area (Å²) in [6.07, 6.45) is 6.53. The predicted octanol–water partition coefficient (Wildman–Crippen LogP) is 2.19. The van der Waals surface area contributed by atoms with Crippen molar-refractivity contribution in [3.8, 4) is 12.3 Å². The minimum atomic E-state index is 0.508. The van der Waals surface area contributed by atoms with E-state index in [4.69, 9.17) is 23.4 Å². The second kappa shape index (κ2) is 6.66. The van der Waals surface area contributed by atoms with Gasteiger partial charge < -0.3 is 4.74 Å². The zero-order valence-electron chi connectivity index (χ0n) is 5.66. The van der Waals surface area contributed by atoms with Crippen molar-refractivity contribution in [2.45, 2.75) is 6.92 Å². The van der Waals surface area contributed by atoms with E-state index in [-0.39, 0.29) is 0 Å². The van der Waals surface area contributed by atoms with Crippen LogP contribution < -0.4 is 0 Å². The van der Waals surface area contributed by atoms with E-state index >= 15 is 0 Å². The van der Waals surface area contributed by atoms with Gasteiger partial charge in [-0.1, -0.05) is 5.92 Å². The van der Waals surface area contributed by atoms with E-state index < -0.39 is 0 Å². The number of terminal acetylenes is 1. The van der Waals surface area contributed by atoms with Crippen molar-refractivity contribution in [2.75, 3.05) is 6.61 Å². The van der Waals surface area contributed by atoms with Gasteiger partial charge in [-0.25, -0.2) is 0 Å². The molecule has 0 aromatic carbocycles. The second-order valence-corrected chi connectivity index (χ2v) is 2.78. The van der Waals surface area contributed by atoms with Gasteiger partial charge in [0.15, 0.2) is 0 Å². The van der Waals surface area contributed by atoms with Crippen LogP contribution in [-0.2, 0) is 4.74 Å². The topological polar surface area (TPSA) is 9.23 Å². The van der Waals surface area contributed by atoms with Crippen molar-refractivity contribution >= 4 is 28.4 Å². The fraction of sp³-hybridized carbons (Fsp3) is 0.286. The van der Waals surface area contributed by atoms with E-state index in [1.807, 2.05) is 6.92 Å². The Morgan fingerprint density at radius 3 is 3.10 bits per heavy atom. The Morgan fingerprint density at radius 1 is 1.90 bits per heavy atom. The van der Waals surface area contributed by atoms with Gasteiger partial charge in [0.2, 0.25) is 4.38 Å². The number of allylic oxidation sites excluding steroid dienone is 1. The Kier molecular flexibility index (Phi) is 6.35. The molecule has 0 N–H and O–H groups in total. The lowest BCUT2D eigenvalue weighted by atomic mass is 10.7. The minimum Gasteiger partial charge on any atom is -0.479 e. The maximum Gasteiger partial charge on any atom is 0.224 e. The highest BCUT2D eigenvalue weighted by molar-refractivity contribution is 8.24.